The van der Waals surface area contributed by atoms with E-state index in [1.807, 2.05) is 79.7 Å². The van der Waals surface area contributed by atoms with E-state index in [0.717, 1.165) is 28.1 Å². The van der Waals surface area contributed by atoms with Crippen LogP contribution in [0.3, 0.4) is 0 Å². The third-order valence-corrected chi connectivity index (χ3v) is 6.47. The maximum Gasteiger partial charge on any atom is 0.323 e. The molecule has 0 aliphatic heterocycles. The van der Waals surface area contributed by atoms with Crippen molar-refractivity contribution in [3.8, 4) is 17.2 Å². The topological polar surface area (TPSA) is 84.6 Å². The molecule has 4 aromatic rings. The molecule has 1 atom stereocenters. The average molecular weight is 505 g/mol. The highest BCUT2D eigenvalue weighted by molar-refractivity contribution is 6.31. The summed E-state index contributed by atoms with van der Waals surface area (Å²) in [5.74, 6) is 1.18. The predicted molar refractivity (Wildman–Crippen MR) is 140 cm³/mol. The molecule has 1 unspecified atom stereocenters. The summed E-state index contributed by atoms with van der Waals surface area (Å²) in [6, 6.07) is 24.7. The molecule has 36 heavy (non-hydrogen) atoms. The number of carboxylic acid groups (broad SMARTS) is 1. The molecule has 0 fully saturated rings. The van der Waals surface area contributed by atoms with Crippen molar-refractivity contribution in [2.45, 2.75) is 38.8 Å². The molecule has 0 spiro atoms. The summed E-state index contributed by atoms with van der Waals surface area (Å²) in [5.41, 5.74) is 2.40. The summed E-state index contributed by atoms with van der Waals surface area (Å²) in [7, 11) is 0. The molecular formula is C29H29ClN2O4. The van der Waals surface area contributed by atoms with Crippen molar-refractivity contribution in [3.05, 3.63) is 106 Å². The first-order valence-electron chi connectivity index (χ1n) is 11.8. The van der Waals surface area contributed by atoms with E-state index in [4.69, 9.17) is 20.8 Å². The van der Waals surface area contributed by atoms with Crippen molar-refractivity contribution in [3.63, 3.8) is 0 Å². The normalized spacial score (nSPS) is 12.8. The van der Waals surface area contributed by atoms with E-state index in [9.17, 15) is 9.90 Å². The molecule has 0 bridgehead atoms. The monoisotopic (exact) mass is 504 g/mol. The van der Waals surface area contributed by atoms with Gasteiger partial charge in [-0.05, 0) is 55.3 Å². The van der Waals surface area contributed by atoms with Crippen molar-refractivity contribution in [1.82, 2.24) is 10.3 Å². The van der Waals surface area contributed by atoms with Gasteiger partial charge in [0.2, 0.25) is 5.89 Å². The first-order valence-corrected chi connectivity index (χ1v) is 12.2. The Balaban J connectivity index is 1.32. The SMILES string of the molecule is Cc1oc(-c2ccccc2)nc1CCOc1ccc(CC(C)(NCc2ccccc2Cl)C(=O)O)cc1. The number of nitrogens with zero attached hydrogens (tertiary/aromatic N) is 1. The molecule has 2 N–H and O–H groups in total. The van der Waals surface area contributed by atoms with Crippen LogP contribution in [-0.2, 0) is 24.2 Å². The molecule has 0 amide bonds. The quantitative estimate of drug-likeness (QED) is 0.257. The number of oxazole rings is 1. The third kappa shape index (κ3) is 6.33. The first-order chi connectivity index (χ1) is 17.3. The molecule has 0 radical (unpaired) electrons. The van der Waals surface area contributed by atoms with Crippen LogP contribution < -0.4 is 10.1 Å². The maximum absolute atomic E-state index is 12.1. The number of aromatic nitrogens is 1. The molecule has 0 saturated heterocycles. The van der Waals surface area contributed by atoms with Crippen LogP contribution in [0, 0.1) is 6.92 Å². The van der Waals surface area contributed by atoms with E-state index in [1.54, 1.807) is 13.0 Å². The lowest BCUT2D eigenvalue weighted by molar-refractivity contribution is -0.144. The highest BCUT2D eigenvalue weighted by Gasteiger charge is 2.33. The van der Waals surface area contributed by atoms with E-state index < -0.39 is 11.5 Å². The summed E-state index contributed by atoms with van der Waals surface area (Å²) in [6.45, 7) is 4.40. The number of nitrogens with one attached hydrogen (secondary N) is 1. The van der Waals surface area contributed by atoms with Crippen LogP contribution in [0.4, 0.5) is 0 Å². The molecule has 6 nitrogen and oxygen atoms in total. The molecule has 0 saturated carbocycles. The van der Waals surface area contributed by atoms with Gasteiger partial charge >= 0.3 is 5.97 Å². The zero-order chi connectivity index (χ0) is 25.5. The smallest absolute Gasteiger partial charge is 0.323 e. The van der Waals surface area contributed by atoms with Crippen molar-refractivity contribution >= 4 is 17.6 Å². The largest absolute Gasteiger partial charge is 0.493 e. The second kappa shape index (κ2) is 11.4. The molecule has 1 heterocycles. The van der Waals surface area contributed by atoms with Crippen molar-refractivity contribution < 1.29 is 19.1 Å². The summed E-state index contributed by atoms with van der Waals surface area (Å²) >= 11 is 6.22. The lowest BCUT2D eigenvalue weighted by atomic mass is 9.92. The number of carboxylic acids is 1. The van der Waals surface area contributed by atoms with Crippen LogP contribution in [0.2, 0.25) is 5.02 Å². The number of benzene rings is 3. The average Bonchev–Trinajstić information content (AvgIpc) is 3.25. The number of rotatable bonds is 11. The van der Waals surface area contributed by atoms with Gasteiger partial charge in [0.1, 0.15) is 17.0 Å². The van der Waals surface area contributed by atoms with Gasteiger partial charge in [0, 0.05) is 30.0 Å². The maximum atomic E-state index is 12.1. The lowest BCUT2D eigenvalue weighted by Gasteiger charge is -2.27. The number of carbonyl (C=O) groups is 1. The highest BCUT2D eigenvalue weighted by Crippen LogP contribution is 2.23. The third-order valence-electron chi connectivity index (χ3n) is 6.10. The first kappa shape index (κ1) is 25.5. The van der Waals surface area contributed by atoms with E-state index >= 15 is 0 Å². The van der Waals surface area contributed by atoms with Gasteiger partial charge in [0.05, 0.1) is 12.3 Å². The molecule has 0 aliphatic rings. The van der Waals surface area contributed by atoms with Gasteiger partial charge in [-0.15, -0.1) is 0 Å². The number of hydrogen-bond acceptors (Lipinski definition) is 5. The van der Waals surface area contributed by atoms with Crippen molar-refractivity contribution in [2.75, 3.05) is 6.61 Å². The minimum Gasteiger partial charge on any atom is -0.493 e. The molecule has 4 rings (SSSR count). The number of halogens is 1. The van der Waals surface area contributed by atoms with E-state index in [0.29, 0.717) is 42.7 Å². The summed E-state index contributed by atoms with van der Waals surface area (Å²) < 4.78 is 11.7. The van der Waals surface area contributed by atoms with Crippen molar-refractivity contribution in [2.24, 2.45) is 0 Å². The Hall–Kier alpha value is -3.61. The number of aliphatic carboxylic acids is 1. The van der Waals surface area contributed by atoms with Gasteiger partial charge < -0.3 is 14.3 Å². The minimum absolute atomic E-state index is 0.313. The summed E-state index contributed by atoms with van der Waals surface area (Å²) in [6.07, 6.45) is 0.931. The minimum atomic E-state index is -1.15. The molecular weight excluding hydrogens is 476 g/mol. The Morgan fingerprint density at radius 1 is 1.06 bits per heavy atom. The van der Waals surface area contributed by atoms with Gasteiger partial charge in [-0.1, -0.05) is 60.1 Å². The molecule has 186 valence electrons. The van der Waals surface area contributed by atoms with Gasteiger partial charge in [-0.3, -0.25) is 10.1 Å². The van der Waals surface area contributed by atoms with Gasteiger partial charge in [-0.2, -0.15) is 0 Å². The van der Waals surface area contributed by atoms with Crippen LogP contribution >= 0.6 is 11.6 Å². The van der Waals surface area contributed by atoms with Gasteiger partial charge in [-0.25, -0.2) is 4.98 Å². The summed E-state index contributed by atoms with van der Waals surface area (Å²) in [4.78, 5) is 16.7. The van der Waals surface area contributed by atoms with Crippen molar-refractivity contribution in [1.29, 1.82) is 0 Å². The van der Waals surface area contributed by atoms with E-state index in [-0.39, 0.29) is 0 Å². The van der Waals surface area contributed by atoms with E-state index in [1.165, 1.54) is 0 Å². The Morgan fingerprint density at radius 3 is 2.44 bits per heavy atom. The Morgan fingerprint density at radius 2 is 1.75 bits per heavy atom. The van der Waals surface area contributed by atoms with Crippen LogP contribution in [0.5, 0.6) is 5.75 Å². The second-order valence-electron chi connectivity index (χ2n) is 8.89. The van der Waals surface area contributed by atoms with Gasteiger partial charge in [0.15, 0.2) is 0 Å². The van der Waals surface area contributed by atoms with Crippen LogP contribution in [-0.4, -0.2) is 28.2 Å². The highest BCUT2D eigenvalue weighted by atomic mass is 35.5. The number of ether oxygens (including phenoxy) is 1. The fraction of sp³-hybridized carbons (Fsp3) is 0.241. The zero-order valence-electron chi connectivity index (χ0n) is 20.3. The van der Waals surface area contributed by atoms with Crippen LogP contribution in [0.25, 0.3) is 11.5 Å². The van der Waals surface area contributed by atoms with Gasteiger partial charge in [0.25, 0.3) is 0 Å². The second-order valence-corrected chi connectivity index (χ2v) is 9.30. The van der Waals surface area contributed by atoms with Crippen LogP contribution in [0.1, 0.15) is 29.5 Å². The lowest BCUT2D eigenvalue weighted by Crippen LogP contribution is -2.50. The predicted octanol–water partition coefficient (Wildman–Crippen LogP) is 6.10. The van der Waals surface area contributed by atoms with E-state index in [2.05, 4.69) is 10.3 Å². The number of hydrogen-bond donors (Lipinski definition) is 2. The molecule has 7 heteroatoms. The number of aryl methyl sites for hydroxylation is 1. The Kier molecular flexibility index (Phi) is 8.08. The molecule has 1 aromatic heterocycles. The fourth-order valence-corrected chi connectivity index (χ4v) is 4.09. The summed E-state index contributed by atoms with van der Waals surface area (Å²) in [5, 5.41) is 13.6. The standard InChI is InChI=1S/C29H29ClN2O4/c1-20-26(32-27(36-20)22-8-4-3-5-9-22)16-17-35-24-14-12-21(13-15-24)18-29(2,28(33)34)31-19-23-10-6-7-11-25(23)30/h3-15,31H,16-19H2,1-2H3,(H,33,34). The molecule has 0 aliphatic carbocycles. The molecule has 3 aromatic carbocycles. The zero-order valence-corrected chi connectivity index (χ0v) is 21.1. The van der Waals surface area contributed by atoms with Crippen LogP contribution in [0.15, 0.2) is 83.3 Å². The fourth-order valence-electron chi connectivity index (χ4n) is 3.89. The Bertz CT molecular complexity index is 1300. The Labute approximate surface area is 215 Å².